The summed E-state index contributed by atoms with van der Waals surface area (Å²) in [5.74, 6) is -0.0700. The molecule has 0 saturated heterocycles. The van der Waals surface area contributed by atoms with E-state index in [1.807, 2.05) is 30.3 Å². The number of amides is 1. The number of nitrogens with one attached hydrogen (secondary N) is 1. The molecule has 1 amide bonds. The predicted octanol–water partition coefficient (Wildman–Crippen LogP) is 4.53. The number of nitrogens with zero attached hydrogens (tertiary/aromatic N) is 1. The molecule has 0 saturated carbocycles. The molecule has 146 valence electrons. The minimum Gasteiger partial charge on any atom is -0.506 e. The fraction of sp³-hybridized carbons (Fsp3) is 0.0455. The van der Waals surface area contributed by atoms with Crippen LogP contribution in [-0.2, 0) is 11.4 Å². The maximum absolute atomic E-state index is 12.0. The Morgan fingerprint density at radius 3 is 2.48 bits per heavy atom. The summed E-state index contributed by atoms with van der Waals surface area (Å²) < 4.78 is 5.71. The van der Waals surface area contributed by atoms with Gasteiger partial charge in [-0.1, -0.05) is 42.5 Å². The molecule has 3 aromatic carbocycles. The lowest BCUT2D eigenvalue weighted by Crippen LogP contribution is -2.08. The first-order valence-electron chi connectivity index (χ1n) is 8.74. The minimum absolute atomic E-state index is 0.0292. The number of hydrogen-bond acceptors (Lipinski definition) is 5. The number of phenols is 1. The zero-order chi connectivity index (χ0) is 20.6. The number of non-ortho nitro benzene ring substituents is 1. The van der Waals surface area contributed by atoms with Crippen LogP contribution in [0.15, 0.2) is 78.9 Å². The summed E-state index contributed by atoms with van der Waals surface area (Å²) in [6.07, 6.45) is 2.86. The standard InChI is InChI=1S/C22H18N2O5/c25-21-12-9-18(24(27)28)14-20(21)23-22(26)13-8-16-6-10-19(11-7-16)29-15-17-4-2-1-3-5-17/h1-14,25H,15H2,(H,23,26)/b13-8+. The molecule has 2 N–H and O–H groups in total. The van der Waals surface area contributed by atoms with Crippen molar-refractivity contribution in [1.29, 1.82) is 0 Å². The Hall–Kier alpha value is -4.13. The van der Waals surface area contributed by atoms with Crippen molar-refractivity contribution >= 4 is 23.4 Å². The van der Waals surface area contributed by atoms with Gasteiger partial charge in [0.05, 0.1) is 10.6 Å². The van der Waals surface area contributed by atoms with Gasteiger partial charge in [0.2, 0.25) is 5.91 Å². The average Bonchev–Trinajstić information content (AvgIpc) is 2.73. The summed E-state index contributed by atoms with van der Waals surface area (Å²) in [4.78, 5) is 22.2. The number of benzene rings is 3. The maximum atomic E-state index is 12.0. The molecule has 0 aliphatic rings. The summed E-state index contributed by atoms with van der Waals surface area (Å²) in [6, 6.07) is 20.4. The maximum Gasteiger partial charge on any atom is 0.271 e. The smallest absolute Gasteiger partial charge is 0.271 e. The largest absolute Gasteiger partial charge is 0.506 e. The summed E-state index contributed by atoms with van der Waals surface area (Å²) in [5.41, 5.74) is 1.58. The van der Waals surface area contributed by atoms with Crippen molar-refractivity contribution in [3.8, 4) is 11.5 Å². The van der Waals surface area contributed by atoms with E-state index in [-0.39, 0.29) is 17.1 Å². The van der Waals surface area contributed by atoms with Gasteiger partial charge in [-0.15, -0.1) is 0 Å². The van der Waals surface area contributed by atoms with Crippen LogP contribution in [0.5, 0.6) is 11.5 Å². The summed E-state index contributed by atoms with van der Waals surface area (Å²) >= 11 is 0. The van der Waals surface area contributed by atoms with E-state index in [2.05, 4.69) is 5.32 Å². The molecule has 0 spiro atoms. The monoisotopic (exact) mass is 390 g/mol. The lowest BCUT2D eigenvalue weighted by atomic mass is 10.2. The molecule has 0 aliphatic heterocycles. The van der Waals surface area contributed by atoms with Crippen LogP contribution in [0.1, 0.15) is 11.1 Å². The highest BCUT2D eigenvalue weighted by Crippen LogP contribution is 2.27. The molecular weight excluding hydrogens is 372 g/mol. The van der Waals surface area contributed by atoms with Crippen molar-refractivity contribution in [2.75, 3.05) is 5.32 Å². The SMILES string of the molecule is O=C(/C=C/c1ccc(OCc2ccccc2)cc1)Nc1cc([N+](=O)[O-])ccc1O. The highest BCUT2D eigenvalue weighted by Gasteiger charge is 2.11. The van der Waals surface area contributed by atoms with E-state index in [0.717, 1.165) is 29.3 Å². The van der Waals surface area contributed by atoms with Crippen molar-refractivity contribution in [3.63, 3.8) is 0 Å². The van der Waals surface area contributed by atoms with Crippen LogP contribution in [0.3, 0.4) is 0 Å². The number of aromatic hydroxyl groups is 1. The summed E-state index contributed by atoms with van der Waals surface area (Å²) in [6.45, 7) is 0.463. The minimum atomic E-state index is -0.605. The molecule has 0 aliphatic carbocycles. The number of hydrogen-bond donors (Lipinski definition) is 2. The van der Waals surface area contributed by atoms with Crippen LogP contribution in [-0.4, -0.2) is 15.9 Å². The van der Waals surface area contributed by atoms with Gasteiger partial charge >= 0.3 is 0 Å². The van der Waals surface area contributed by atoms with E-state index < -0.39 is 10.8 Å². The molecule has 0 fully saturated rings. The second-order valence-electron chi connectivity index (χ2n) is 6.12. The predicted molar refractivity (Wildman–Crippen MR) is 110 cm³/mol. The Kier molecular flexibility index (Phi) is 6.22. The van der Waals surface area contributed by atoms with E-state index in [4.69, 9.17) is 4.74 Å². The summed E-state index contributed by atoms with van der Waals surface area (Å²) in [5, 5.41) is 23.0. The van der Waals surface area contributed by atoms with Gasteiger partial charge in [0.25, 0.3) is 5.69 Å². The Morgan fingerprint density at radius 2 is 1.79 bits per heavy atom. The average molecular weight is 390 g/mol. The van der Waals surface area contributed by atoms with Gasteiger partial charge in [-0.2, -0.15) is 0 Å². The zero-order valence-electron chi connectivity index (χ0n) is 15.3. The summed E-state index contributed by atoms with van der Waals surface area (Å²) in [7, 11) is 0. The molecule has 3 aromatic rings. The van der Waals surface area contributed by atoms with Gasteiger partial charge in [-0.3, -0.25) is 14.9 Å². The van der Waals surface area contributed by atoms with Crippen molar-refractivity contribution in [1.82, 2.24) is 0 Å². The molecule has 7 heteroatoms. The quantitative estimate of drug-likeness (QED) is 0.267. The second-order valence-corrected chi connectivity index (χ2v) is 6.12. The lowest BCUT2D eigenvalue weighted by molar-refractivity contribution is -0.384. The number of carbonyl (C=O) groups excluding carboxylic acids is 1. The van der Waals surface area contributed by atoms with Gasteiger partial charge in [-0.05, 0) is 35.4 Å². The molecule has 3 rings (SSSR count). The first kappa shape index (κ1) is 19.6. The first-order valence-corrected chi connectivity index (χ1v) is 8.74. The van der Waals surface area contributed by atoms with E-state index in [9.17, 15) is 20.0 Å². The topological polar surface area (TPSA) is 102 Å². The fourth-order valence-corrected chi connectivity index (χ4v) is 2.50. The normalized spacial score (nSPS) is 10.6. The molecule has 0 heterocycles. The Balaban J connectivity index is 1.57. The first-order chi connectivity index (χ1) is 14.0. The molecular formula is C22H18N2O5. The Morgan fingerprint density at radius 1 is 1.07 bits per heavy atom. The molecule has 0 unspecified atom stereocenters. The van der Waals surface area contributed by atoms with Gasteiger partial charge in [0.1, 0.15) is 18.1 Å². The molecule has 7 nitrogen and oxygen atoms in total. The number of ether oxygens (including phenoxy) is 1. The van der Waals surface area contributed by atoms with Crippen LogP contribution in [0.2, 0.25) is 0 Å². The van der Waals surface area contributed by atoms with Crippen LogP contribution < -0.4 is 10.1 Å². The second kappa shape index (κ2) is 9.18. The van der Waals surface area contributed by atoms with Crippen molar-refractivity contribution in [3.05, 3.63) is 100 Å². The Bertz CT molecular complexity index is 1030. The van der Waals surface area contributed by atoms with E-state index in [1.165, 1.54) is 6.08 Å². The highest BCUT2D eigenvalue weighted by atomic mass is 16.6. The van der Waals surface area contributed by atoms with Crippen LogP contribution >= 0.6 is 0 Å². The van der Waals surface area contributed by atoms with E-state index in [1.54, 1.807) is 30.3 Å². The van der Waals surface area contributed by atoms with E-state index >= 15 is 0 Å². The number of carbonyl (C=O) groups is 1. The third-order valence-corrected chi connectivity index (χ3v) is 4.00. The third-order valence-electron chi connectivity index (χ3n) is 4.00. The van der Waals surface area contributed by atoms with Crippen LogP contribution in [0.4, 0.5) is 11.4 Å². The molecule has 0 bridgehead atoms. The molecule has 0 aromatic heterocycles. The molecule has 0 radical (unpaired) electrons. The van der Waals surface area contributed by atoms with Crippen LogP contribution in [0.25, 0.3) is 6.08 Å². The van der Waals surface area contributed by atoms with Gasteiger partial charge < -0.3 is 15.2 Å². The fourth-order valence-electron chi connectivity index (χ4n) is 2.50. The van der Waals surface area contributed by atoms with Crippen molar-refractivity contribution < 1.29 is 19.6 Å². The van der Waals surface area contributed by atoms with Gasteiger partial charge in [0, 0.05) is 18.2 Å². The zero-order valence-corrected chi connectivity index (χ0v) is 15.3. The van der Waals surface area contributed by atoms with E-state index in [0.29, 0.717) is 12.4 Å². The number of rotatable bonds is 7. The molecule has 0 atom stereocenters. The van der Waals surface area contributed by atoms with Crippen molar-refractivity contribution in [2.45, 2.75) is 6.61 Å². The number of phenolic OH excluding ortho intramolecular Hbond substituents is 1. The number of anilines is 1. The number of nitro groups is 1. The van der Waals surface area contributed by atoms with Crippen molar-refractivity contribution in [2.24, 2.45) is 0 Å². The Labute approximate surface area is 167 Å². The van der Waals surface area contributed by atoms with Gasteiger partial charge in [-0.25, -0.2) is 0 Å². The number of nitro benzene ring substituents is 1. The highest BCUT2D eigenvalue weighted by molar-refractivity contribution is 6.02. The van der Waals surface area contributed by atoms with Crippen LogP contribution in [0, 0.1) is 10.1 Å². The molecule has 29 heavy (non-hydrogen) atoms. The third kappa shape index (κ3) is 5.67. The lowest BCUT2D eigenvalue weighted by Gasteiger charge is -2.06. The van der Waals surface area contributed by atoms with Gasteiger partial charge in [0.15, 0.2) is 0 Å².